The Morgan fingerprint density at radius 1 is 1.07 bits per heavy atom. The van der Waals surface area contributed by atoms with Gasteiger partial charge in [-0.2, -0.15) is 0 Å². The lowest BCUT2D eigenvalue weighted by Crippen LogP contribution is -2.30. The normalized spacial score (nSPS) is 11.4. The molecular weight excluding hydrogens is 346 g/mol. The van der Waals surface area contributed by atoms with E-state index < -0.39 is 18.0 Å². The Morgan fingerprint density at radius 2 is 1.81 bits per heavy atom. The number of amides is 1. The molecule has 1 atom stereocenters. The van der Waals surface area contributed by atoms with Gasteiger partial charge in [-0.1, -0.05) is 24.3 Å². The van der Waals surface area contributed by atoms with Crippen LogP contribution in [0.3, 0.4) is 0 Å². The van der Waals surface area contributed by atoms with Crippen molar-refractivity contribution in [1.29, 1.82) is 0 Å². The molecule has 0 spiro atoms. The first-order chi connectivity index (χ1) is 12.9. The highest BCUT2D eigenvalue weighted by Crippen LogP contribution is 2.25. The molecule has 0 aromatic heterocycles. The van der Waals surface area contributed by atoms with Gasteiger partial charge in [0, 0.05) is 0 Å². The van der Waals surface area contributed by atoms with E-state index in [1.807, 2.05) is 44.2 Å². The van der Waals surface area contributed by atoms with Gasteiger partial charge in [0.25, 0.3) is 5.91 Å². The predicted molar refractivity (Wildman–Crippen MR) is 103 cm³/mol. The average Bonchev–Trinajstić information content (AvgIpc) is 2.63. The van der Waals surface area contributed by atoms with Crippen LogP contribution >= 0.6 is 0 Å². The smallest absolute Gasteiger partial charge is 0.310 e. The number of para-hydroxylation sites is 1. The van der Waals surface area contributed by atoms with Crippen molar-refractivity contribution < 1.29 is 23.8 Å². The van der Waals surface area contributed by atoms with Crippen LogP contribution in [-0.4, -0.2) is 31.7 Å². The first-order valence-electron chi connectivity index (χ1n) is 8.74. The van der Waals surface area contributed by atoms with Gasteiger partial charge in [0.2, 0.25) is 0 Å². The number of hydrogen-bond acceptors (Lipinski definition) is 5. The lowest BCUT2D eigenvalue weighted by Gasteiger charge is -2.16. The highest BCUT2D eigenvalue weighted by Gasteiger charge is 2.19. The molecule has 2 aromatic rings. The molecule has 0 radical (unpaired) electrons. The number of esters is 1. The summed E-state index contributed by atoms with van der Waals surface area (Å²) in [6, 6.07) is 13.0. The van der Waals surface area contributed by atoms with E-state index in [-0.39, 0.29) is 13.0 Å². The average molecular weight is 371 g/mol. The lowest BCUT2D eigenvalue weighted by molar-refractivity contribution is -0.153. The molecular formula is C21H25NO5. The summed E-state index contributed by atoms with van der Waals surface area (Å²) in [5, 5.41) is 2.72. The minimum absolute atomic E-state index is 0.0553. The molecule has 0 fully saturated rings. The number of rotatable bonds is 8. The van der Waals surface area contributed by atoms with E-state index in [1.165, 1.54) is 14.0 Å². The summed E-state index contributed by atoms with van der Waals surface area (Å²) >= 11 is 0. The SMILES string of the molecule is COc1ccc(C)cc1NC(=O)[C@@H](C)OC(=O)CCOc1ccccc1C. The molecule has 1 N–H and O–H groups in total. The van der Waals surface area contributed by atoms with Crippen LogP contribution in [-0.2, 0) is 14.3 Å². The zero-order valence-corrected chi connectivity index (χ0v) is 16.1. The maximum Gasteiger partial charge on any atom is 0.310 e. The Morgan fingerprint density at radius 3 is 2.52 bits per heavy atom. The number of nitrogens with one attached hydrogen (secondary N) is 1. The van der Waals surface area contributed by atoms with Gasteiger partial charge in [-0.25, -0.2) is 0 Å². The second-order valence-corrected chi connectivity index (χ2v) is 6.19. The zero-order chi connectivity index (χ0) is 19.8. The Labute approximate surface area is 159 Å². The van der Waals surface area contributed by atoms with Crippen LogP contribution in [0.5, 0.6) is 11.5 Å². The minimum Gasteiger partial charge on any atom is -0.495 e. The summed E-state index contributed by atoms with van der Waals surface area (Å²) in [7, 11) is 1.53. The van der Waals surface area contributed by atoms with Crippen LogP contribution in [0.4, 0.5) is 5.69 Å². The van der Waals surface area contributed by atoms with E-state index in [4.69, 9.17) is 14.2 Å². The minimum atomic E-state index is -0.929. The van der Waals surface area contributed by atoms with Gasteiger partial charge in [-0.05, 0) is 50.1 Å². The van der Waals surface area contributed by atoms with E-state index in [2.05, 4.69) is 5.32 Å². The van der Waals surface area contributed by atoms with E-state index in [9.17, 15) is 9.59 Å². The number of anilines is 1. The number of ether oxygens (including phenoxy) is 3. The number of methoxy groups -OCH3 is 1. The maximum atomic E-state index is 12.3. The van der Waals surface area contributed by atoms with Gasteiger partial charge in [-0.3, -0.25) is 9.59 Å². The molecule has 144 valence electrons. The number of aryl methyl sites for hydroxylation is 2. The summed E-state index contributed by atoms with van der Waals surface area (Å²) in [4.78, 5) is 24.2. The fourth-order valence-electron chi connectivity index (χ4n) is 2.43. The number of carbonyl (C=O) groups is 2. The fraction of sp³-hybridized carbons (Fsp3) is 0.333. The third-order valence-electron chi connectivity index (χ3n) is 3.95. The molecule has 0 unspecified atom stereocenters. The van der Waals surface area contributed by atoms with E-state index >= 15 is 0 Å². The fourth-order valence-corrected chi connectivity index (χ4v) is 2.43. The topological polar surface area (TPSA) is 73.9 Å². The predicted octanol–water partition coefficient (Wildman–Crippen LogP) is 3.65. The van der Waals surface area contributed by atoms with Crippen molar-refractivity contribution in [2.75, 3.05) is 19.0 Å². The third kappa shape index (κ3) is 6.02. The van der Waals surface area contributed by atoms with Crippen LogP contribution in [0.1, 0.15) is 24.5 Å². The zero-order valence-electron chi connectivity index (χ0n) is 16.1. The van der Waals surface area contributed by atoms with E-state index in [1.54, 1.807) is 12.1 Å². The van der Waals surface area contributed by atoms with Gasteiger partial charge in [0.15, 0.2) is 6.10 Å². The Hall–Kier alpha value is -3.02. The summed E-state index contributed by atoms with van der Waals surface area (Å²) in [6.07, 6.45) is -0.874. The first-order valence-corrected chi connectivity index (χ1v) is 8.74. The van der Waals surface area contributed by atoms with Crippen LogP contribution in [0.15, 0.2) is 42.5 Å². The summed E-state index contributed by atoms with van der Waals surface area (Å²) in [6.45, 7) is 5.55. The molecule has 0 bridgehead atoms. The Bertz CT molecular complexity index is 803. The standard InChI is InChI=1S/C21H25NO5/c1-14-9-10-19(25-4)17(13-14)22-21(24)16(3)27-20(23)11-12-26-18-8-6-5-7-15(18)2/h5-10,13,16H,11-12H2,1-4H3,(H,22,24)/t16-/m1/s1. The molecule has 0 saturated carbocycles. The van der Waals surface area contributed by atoms with Gasteiger partial charge < -0.3 is 19.5 Å². The molecule has 0 aliphatic rings. The Balaban J connectivity index is 1.82. The maximum absolute atomic E-state index is 12.3. The third-order valence-corrected chi connectivity index (χ3v) is 3.95. The largest absolute Gasteiger partial charge is 0.495 e. The van der Waals surface area contributed by atoms with Crippen molar-refractivity contribution >= 4 is 17.6 Å². The number of hydrogen-bond donors (Lipinski definition) is 1. The lowest BCUT2D eigenvalue weighted by atomic mass is 10.2. The van der Waals surface area contributed by atoms with Crippen LogP contribution in [0, 0.1) is 13.8 Å². The van der Waals surface area contributed by atoms with Gasteiger partial charge >= 0.3 is 5.97 Å². The summed E-state index contributed by atoms with van der Waals surface area (Å²) in [5.74, 6) is 0.344. The van der Waals surface area contributed by atoms with Crippen LogP contribution in [0.25, 0.3) is 0 Å². The highest BCUT2D eigenvalue weighted by molar-refractivity contribution is 5.96. The second kappa shape index (κ2) is 9.62. The van der Waals surface area contributed by atoms with Crippen molar-refractivity contribution in [3.63, 3.8) is 0 Å². The summed E-state index contributed by atoms with van der Waals surface area (Å²) in [5.41, 5.74) is 2.50. The molecule has 27 heavy (non-hydrogen) atoms. The van der Waals surface area contributed by atoms with Crippen LogP contribution in [0.2, 0.25) is 0 Å². The molecule has 0 heterocycles. The molecule has 1 amide bonds. The number of carbonyl (C=O) groups excluding carboxylic acids is 2. The summed E-state index contributed by atoms with van der Waals surface area (Å²) < 4.78 is 16.0. The van der Waals surface area contributed by atoms with Gasteiger partial charge in [-0.15, -0.1) is 0 Å². The molecule has 0 aliphatic carbocycles. The van der Waals surface area contributed by atoms with Crippen molar-refractivity contribution in [1.82, 2.24) is 0 Å². The first kappa shape index (κ1) is 20.3. The van der Waals surface area contributed by atoms with Crippen molar-refractivity contribution in [3.8, 4) is 11.5 Å². The van der Waals surface area contributed by atoms with Crippen molar-refractivity contribution in [3.05, 3.63) is 53.6 Å². The molecule has 0 saturated heterocycles. The van der Waals surface area contributed by atoms with E-state index in [0.717, 1.165) is 16.9 Å². The molecule has 0 aliphatic heterocycles. The molecule has 2 rings (SSSR count). The van der Waals surface area contributed by atoms with Crippen molar-refractivity contribution in [2.24, 2.45) is 0 Å². The van der Waals surface area contributed by atoms with E-state index in [0.29, 0.717) is 11.4 Å². The second-order valence-electron chi connectivity index (χ2n) is 6.19. The molecule has 6 heteroatoms. The Kier molecular flexibility index (Phi) is 7.23. The molecule has 2 aromatic carbocycles. The van der Waals surface area contributed by atoms with Gasteiger partial charge in [0.05, 0.1) is 25.8 Å². The molecule has 6 nitrogen and oxygen atoms in total. The number of benzene rings is 2. The monoisotopic (exact) mass is 371 g/mol. The van der Waals surface area contributed by atoms with Crippen LogP contribution < -0.4 is 14.8 Å². The van der Waals surface area contributed by atoms with Crippen molar-refractivity contribution in [2.45, 2.75) is 33.3 Å². The van der Waals surface area contributed by atoms with Gasteiger partial charge in [0.1, 0.15) is 11.5 Å². The highest BCUT2D eigenvalue weighted by atomic mass is 16.5. The quantitative estimate of drug-likeness (QED) is 0.717.